The van der Waals surface area contributed by atoms with E-state index in [0.717, 1.165) is 6.42 Å². The molecule has 27 heavy (non-hydrogen) atoms. The molecular formula is C22H25NO4. The van der Waals surface area contributed by atoms with E-state index in [1.165, 1.54) is 0 Å². The molecule has 0 N–H and O–H groups in total. The largest absolute Gasteiger partial charge is 0.427 e. The zero-order chi connectivity index (χ0) is 19.9. The first-order valence-electron chi connectivity index (χ1n) is 9.04. The second-order valence-corrected chi connectivity index (χ2v) is 7.26. The maximum absolute atomic E-state index is 12.9. The number of esters is 1. The molecule has 1 aromatic carbocycles. The fourth-order valence-electron chi connectivity index (χ4n) is 3.02. The fourth-order valence-corrected chi connectivity index (χ4v) is 3.02. The molecule has 0 saturated heterocycles. The number of benzene rings is 1. The van der Waals surface area contributed by atoms with E-state index in [4.69, 9.17) is 16.0 Å². The van der Waals surface area contributed by atoms with Crippen LogP contribution in [0, 0.1) is 17.8 Å². The Morgan fingerprint density at radius 1 is 1.26 bits per heavy atom. The van der Waals surface area contributed by atoms with Gasteiger partial charge in [-0.2, -0.15) is 0 Å². The van der Waals surface area contributed by atoms with E-state index in [1.807, 2.05) is 26.8 Å². The van der Waals surface area contributed by atoms with Crippen LogP contribution in [0.15, 0.2) is 46.8 Å². The first-order chi connectivity index (χ1) is 12.9. The van der Waals surface area contributed by atoms with E-state index in [2.05, 4.69) is 11.1 Å². The summed E-state index contributed by atoms with van der Waals surface area (Å²) in [5.74, 6) is 2.10. The molecule has 0 radical (unpaired) electrons. The summed E-state index contributed by atoms with van der Waals surface area (Å²) >= 11 is 0. The highest BCUT2D eigenvalue weighted by atomic mass is 16.6. The van der Waals surface area contributed by atoms with Crippen molar-refractivity contribution in [2.24, 2.45) is 10.6 Å². The van der Waals surface area contributed by atoms with Gasteiger partial charge in [0.05, 0.1) is 16.8 Å². The Morgan fingerprint density at radius 2 is 1.96 bits per heavy atom. The third-order valence-corrected chi connectivity index (χ3v) is 4.16. The topological polar surface area (TPSA) is 65.0 Å². The average Bonchev–Trinajstić information content (AvgIpc) is 2.61. The van der Waals surface area contributed by atoms with E-state index in [1.54, 1.807) is 24.3 Å². The lowest BCUT2D eigenvalue weighted by Gasteiger charge is -2.31. The number of oxime groups is 1. The molecule has 0 aliphatic heterocycles. The number of Topliss-reactive ketones (excluding diaryl/α,β-unsaturated/α-hetero) is 1. The van der Waals surface area contributed by atoms with Crippen LogP contribution in [-0.4, -0.2) is 24.1 Å². The molecule has 0 aromatic heterocycles. The van der Waals surface area contributed by atoms with E-state index in [0.29, 0.717) is 41.9 Å². The summed E-state index contributed by atoms with van der Waals surface area (Å²) in [6.07, 6.45) is 7.30. The Kier molecular flexibility index (Phi) is 6.95. The van der Waals surface area contributed by atoms with Crippen molar-refractivity contribution in [1.29, 1.82) is 0 Å². The predicted molar refractivity (Wildman–Crippen MR) is 104 cm³/mol. The quantitative estimate of drug-likeness (QED) is 0.237. The summed E-state index contributed by atoms with van der Waals surface area (Å²) in [5.41, 5.74) is 0.948. The van der Waals surface area contributed by atoms with Crippen molar-refractivity contribution in [3.05, 3.63) is 47.2 Å². The number of nitrogens with zero attached hydrogens (tertiary/aromatic N) is 1. The van der Waals surface area contributed by atoms with Crippen LogP contribution < -0.4 is 0 Å². The maximum Gasteiger partial charge on any atom is 0.343 e. The van der Waals surface area contributed by atoms with Crippen LogP contribution in [0.3, 0.4) is 0 Å². The SMILES string of the molecule is C#CCON=C(CCC)C1=C(OC(=O)c2ccccc2)CC(C)(C)CC1=O. The Labute approximate surface area is 160 Å². The minimum atomic E-state index is -0.492. The summed E-state index contributed by atoms with van der Waals surface area (Å²) in [7, 11) is 0. The van der Waals surface area contributed by atoms with Crippen LogP contribution in [0.4, 0.5) is 0 Å². The fraction of sp³-hybridized carbons (Fsp3) is 0.409. The highest BCUT2D eigenvalue weighted by Crippen LogP contribution is 2.38. The summed E-state index contributed by atoms with van der Waals surface area (Å²) in [6, 6.07) is 8.70. The van der Waals surface area contributed by atoms with Crippen molar-refractivity contribution in [3.63, 3.8) is 0 Å². The molecule has 0 unspecified atom stereocenters. The first-order valence-corrected chi connectivity index (χ1v) is 9.04. The molecule has 5 nitrogen and oxygen atoms in total. The van der Waals surface area contributed by atoms with Crippen molar-refractivity contribution < 1.29 is 19.2 Å². The number of allylic oxidation sites excluding steroid dienone is 2. The predicted octanol–water partition coefficient (Wildman–Crippen LogP) is 4.29. The number of hydrogen-bond donors (Lipinski definition) is 0. The molecule has 0 bridgehead atoms. The lowest BCUT2D eigenvalue weighted by Crippen LogP contribution is -2.31. The van der Waals surface area contributed by atoms with Gasteiger partial charge in [-0.25, -0.2) is 4.79 Å². The molecule has 0 amide bonds. The van der Waals surface area contributed by atoms with Gasteiger partial charge in [-0.05, 0) is 24.0 Å². The highest BCUT2D eigenvalue weighted by Gasteiger charge is 2.37. The summed E-state index contributed by atoms with van der Waals surface area (Å²) in [6.45, 7) is 5.94. The number of carbonyl (C=O) groups excluding carboxylic acids is 2. The molecule has 1 aliphatic rings. The Hall–Kier alpha value is -2.87. The maximum atomic E-state index is 12.9. The monoisotopic (exact) mass is 367 g/mol. The normalized spacial score (nSPS) is 16.7. The van der Waals surface area contributed by atoms with Crippen molar-refractivity contribution in [1.82, 2.24) is 0 Å². The standard InChI is InChI=1S/C22H25NO4/c1-5-10-17(23-26-13-6-2)20-18(24)14-22(3,4)15-19(20)27-21(25)16-11-8-7-9-12-16/h2,7-9,11-12H,5,10,13-15H2,1,3-4H3. The van der Waals surface area contributed by atoms with Crippen LogP contribution in [0.25, 0.3) is 0 Å². The van der Waals surface area contributed by atoms with Gasteiger partial charge in [0.2, 0.25) is 0 Å². The summed E-state index contributed by atoms with van der Waals surface area (Å²) < 4.78 is 5.67. The van der Waals surface area contributed by atoms with Crippen LogP contribution in [0.5, 0.6) is 0 Å². The van der Waals surface area contributed by atoms with Crippen molar-refractivity contribution in [3.8, 4) is 12.3 Å². The third kappa shape index (κ3) is 5.55. The molecule has 142 valence electrons. The molecule has 1 aliphatic carbocycles. The number of carbonyl (C=O) groups is 2. The molecule has 2 rings (SSSR count). The highest BCUT2D eigenvalue weighted by molar-refractivity contribution is 6.23. The van der Waals surface area contributed by atoms with E-state index in [-0.39, 0.29) is 17.8 Å². The van der Waals surface area contributed by atoms with Crippen LogP contribution in [0.1, 0.15) is 56.8 Å². The van der Waals surface area contributed by atoms with Gasteiger partial charge in [0.25, 0.3) is 0 Å². The zero-order valence-electron chi connectivity index (χ0n) is 16.1. The second-order valence-electron chi connectivity index (χ2n) is 7.26. The Morgan fingerprint density at radius 3 is 2.59 bits per heavy atom. The smallest absolute Gasteiger partial charge is 0.343 e. The van der Waals surface area contributed by atoms with E-state index < -0.39 is 5.97 Å². The lowest BCUT2D eigenvalue weighted by molar-refractivity contribution is -0.118. The van der Waals surface area contributed by atoms with Gasteiger partial charge in [-0.3, -0.25) is 4.79 Å². The van der Waals surface area contributed by atoms with Crippen molar-refractivity contribution in [2.45, 2.75) is 46.5 Å². The number of ether oxygens (including phenoxy) is 1. The summed E-state index contributed by atoms with van der Waals surface area (Å²) in [4.78, 5) is 30.5. The van der Waals surface area contributed by atoms with Gasteiger partial charge in [-0.1, -0.05) is 56.5 Å². The Balaban J connectivity index is 2.43. The van der Waals surface area contributed by atoms with Gasteiger partial charge in [0, 0.05) is 12.8 Å². The molecule has 0 heterocycles. The molecule has 0 saturated carbocycles. The number of ketones is 1. The van der Waals surface area contributed by atoms with Gasteiger partial charge < -0.3 is 9.57 Å². The number of terminal acetylenes is 1. The minimum absolute atomic E-state index is 0.0132. The molecular weight excluding hydrogens is 342 g/mol. The molecule has 0 fully saturated rings. The molecule has 0 atom stereocenters. The van der Waals surface area contributed by atoms with Gasteiger partial charge in [0.1, 0.15) is 5.76 Å². The summed E-state index contributed by atoms with van der Waals surface area (Å²) in [5, 5.41) is 4.06. The van der Waals surface area contributed by atoms with Gasteiger partial charge in [0.15, 0.2) is 12.4 Å². The van der Waals surface area contributed by atoms with Gasteiger partial charge in [-0.15, -0.1) is 6.42 Å². The van der Waals surface area contributed by atoms with Crippen molar-refractivity contribution in [2.75, 3.05) is 6.61 Å². The average molecular weight is 367 g/mol. The second kappa shape index (κ2) is 9.18. The number of hydrogen-bond acceptors (Lipinski definition) is 5. The van der Waals surface area contributed by atoms with E-state index in [9.17, 15) is 9.59 Å². The van der Waals surface area contributed by atoms with Crippen LogP contribution >= 0.6 is 0 Å². The van der Waals surface area contributed by atoms with E-state index >= 15 is 0 Å². The van der Waals surface area contributed by atoms with Gasteiger partial charge >= 0.3 is 5.97 Å². The molecule has 5 heteroatoms. The lowest BCUT2D eigenvalue weighted by atomic mass is 9.75. The Bertz CT molecular complexity index is 797. The first kappa shape index (κ1) is 20.4. The van der Waals surface area contributed by atoms with Crippen LogP contribution in [-0.2, 0) is 14.4 Å². The van der Waals surface area contributed by atoms with Crippen molar-refractivity contribution >= 4 is 17.5 Å². The number of rotatable bonds is 7. The zero-order valence-corrected chi connectivity index (χ0v) is 16.1. The van der Waals surface area contributed by atoms with Crippen LogP contribution in [0.2, 0.25) is 0 Å². The molecule has 1 aromatic rings. The minimum Gasteiger partial charge on any atom is -0.427 e. The molecule has 0 spiro atoms. The third-order valence-electron chi connectivity index (χ3n) is 4.16.